The average Bonchev–Trinajstić information content (AvgIpc) is 1.97. The zero-order valence-electron chi connectivity index (χ0n) is 6.10. The summed E-state index contributed by atoms with van der Waals surface area (Å²) in [7, 11) is 0. The Hall–Kier alpha value is -1.78. The third-order valence-electron chi connectivity index (χ3n) is 0.902. The molecular formula is C7H8O5. The van der Waals surface area contributed by atoms with Crippen LogP contribution in [0.15, 0.2) is 24.0 Å². The molecule has 0 amide bonds. The second-order valence-corrected chi connectivity index (χ2v) is 1.88. The Morgan fingerprint density at radius 3 is 2.17 bits per heavy atom. The fraction of sp³-hybridized carbons (Fsp3) is 0.143. The molecule has 0 radical (unpaired) electrons. The van der Waals surface area contributed by atoms with E-state index in [0.717, 1.165) is 12.2 Å². The van der Waals surface area contributed by atoms with Gasteiger partial charge in [0.25, 0.3) is 0 Å². The Balaban J connectivity index is 3.95. The van der Waals surface area contributed by atoms with Gasteiger partial charge in [0.15, 0.2) is 0 Å². The van der Waals surface area contributed by atoms with Crippen LogP contribution in [0.2, 0.25) is 0 Å². The van der Waals surface area contributed by atoms with Gasteiger partial charge in [0.2, 0.25) is 5.76 Å². The summed E-state index contributed by atoms with van der Waals surface area (Å²) in [6.07, 6.45) is 3.09. The number of hydrogen-bond donors (Lipinski definition) is 3. The molecule has 0 aromatic rings. The van der Waals surface area contributed by atoms with Crippen LogP contribution in [0.4, 0.5) is 0 Å². The normalized spacial score (nSPS) is 11.8. The van der Waals surface area contributed by atoms with Crippen LogP contribution in [0.3, 0.4) is 0 Å². The maximum absolute atomic E-state index is 9.96. The van der Waals surface area contributed by atoms with Crippen molar-refractivity contribution in [3.63, 3.8) is 0 Å². The van der Waals surface area contributed by atoms with Crippen LogP contribution in [0.25, 0.3) is 0 Å². The predicted molar refractivity (Wildman–Crippen MR) is 39.7 cm³/mol. The third kappa shape index (κ3) is 5.04. The third-order valence-corrected chi connectivity index (χ3v) is 0.902. The van der Waals surface area contributed by atoms with Crippen LogP contribution >= 0.6 is 0 Å². The number of carbonyl (C=O) groups is 2. The number of carboxylic acid groups (broad SMARTS) is 2. The van der Waals surface area contributed by atoms with Crippen molar-refractivity contribution in [1.29, 1.82) is 0 Å². The molecule has 0 aromatic carbocycles. The van der Waals surface area contributed by atoms with Gasteiger partial charge in [0, 0.05) is 0 Å². The Morgan fingerprint density at radius 2 is 1.75 bits per heavy atom. The summed E-state index contributed by atoms with van der Waals surface area (Å²) in [6, 6.07) is 0. The minimum absolute atomic E-state index is 0.205. The van der Waals surface area contributed by atoms with Gasteiger partial charge in [0.1, 0.15) is 0 Å². The molecule has 0 heterocycles. The van der Waals surface area contributed by atoms with Gasteiger partial charge >= 0.3 is 11.9 Å². The van der Waals surface area contributed by atoms with Crippen molar-refractivity contribution in [2.75, 3.05) is 0 Å². The molecule has 5 heteroatoms. The number of carboxylic acids is 2. The van der Waals surface area contributed by atoms with Crippen LogP contribution in [0.5, 0.6) is 0 Å². The fourth-order valence-corrected chi connectivity index (χ4v) is 0.399. The topological polar surface area (TPSA) is 94.8 Å². The van der Waals surface area contributed by atoms with Crippen LogP contribution in [-0.2, 0) is 9.59 Å². The maximum atomic E-state index is 9.96. The largest absolute Gasteiger partial charge is 0.502 e. The Kier molecular flexibility index (Phi) is 4.21. The molecule has 0 aliphatic carbocycles. The van der Waals surface area contributed by atoms with Crippen molar-refractivity contribution in [2.45, 2.75) is 6.42 Å². The van der Waals surface area contributed by atoms with E-state index in [1.54, 1.807) is 0 Å². The van der Waals surface area contributed by atoms with Crippen LogP contribution in [0.1, 0.15) is 6.42 Å². The van der Waals surface area contributed by atoms with Gasteiger partial charge in [-0.2, -0.15) is 0 Å². The molecular weight excluding hydrogens is 164 g/mol. The lowest BCUT2D eigenvalue weighted by Gasteiger charge is -1.86. The van der Waals surface area contributed by atoms with Gasteiger partial charge in [0.05, 0.1) is 6.42 Å². The molecule has 0 unspecified atom stereocenters. The number of rotatable bonds is 4. The minimum Gasteiger partial charge on any atom is -0.502 e. The molecule has 5 nitrogen and oxygen atoms in total. The van der Waals surface area contributed by atoms with E-state index in [-0.39, 0.29) is 6.42 Å². The Morgan fingerprint density at radius 1 is 1.17 bits per heavy atom. The molecule has 0 saturated heterocycles. The summed E-state index contributed by atoms with van der Waals surface area (Å²) in [5.74, 6) is -3.29. The van der Waals surface area contributed by atoms with Crippen molar-refractivity contribution in [3.05, 3.63) is 24.0 Å². The summed E-state index contributed by atoms with van der Waals surface area (Å²) in [5, 5.41) is 24.8. The molecule has 12 heavy (non-hydrogen) atoms. The fourth-order valence-electron chi connectivity index (χ4n) is 0.399. The molecule has 0 aliphatic rings. The maximum Gasteiger partial charge on any atom is 0.370 e. The van der Waals surface area contributed by atoms with Crippen molar-refractivity contribution in [3.8, 4) is 0 Å². The summed E-state index contributed by atoms with van der Waals surface area (Å²) in [4.78, 5) is 19.9. The summed E-state index contributed by atoms with van der Waals surface area (Å²) < 4.78 is 0. The highest BCUT2D eigenvalue weighted by Gasteiger charge is 1.99. The first kappa shape index (κ1) is 10.2. The number of aliphatic carboxylic acids is 2. The highest BCUT2D eigenvalue weighted by atomic mass is 16.4. The van der Waals surface area contributed by atoms with E-state index in [0.29, 0.717) is 0 Å². The molecule has 0 rings (SSSR count). The minimum atomic E-state index is -1.45. The van der Waals surface area contributed by atoms with E-state index in [9.17, 15) is 9.59 Å². The molecule has 3 N–H and O–H groups in total. The molecule has 0 aromatic heterocycles. The van der Waals surface area contributed by atoms with Gasteiger partial charge in [-0.1, -0.05) is 12.2 Å². The van der Waals surface area contributed by atoms with E-state index in [4.69, 9.17) is 15.3 Å². The van der Waals surface area contributed by atoms with E-state index < -0.39 is 17.7 Å². The standard InChI is InChI=1S/C7H8O5/c8-5(7(11)12)3-1-2-4-6(9)10/h1-3,8H,4H2,(H,9,10)(H,11,12)/b2-1-,5-3-. The van der Waals surface area contributed by atoms with Crippen molar-refractivity contribution >= 4 is 11.9 Å². The van der Waals surface area contributed by atoms with Gasteiger partial charge < -0.3 is 15.3 Å². The Labute approximate surface area is 68.3 Å². The number of aliphatic hydroxyl groups is 1. The lowest BCUT2D eigenvalue weighted by Crippen LogP contribution is -1.97. The highest BCUT2D eigenvalue weighted by molar-refractivity contribution is 5.84. The second kappa shape index (κ2) is 4.95. The van der Waals surface area contributed by atoms with E-state index in [1.807, 2.05) is 0 Å². The van der Waals surface area contributed by atoms with Gasteiger partial charge in [-0.05, 0) is 6.08 Å². The van der Waals surface area contributed by atoms with E-state index in [2.05, 4.69) is 0 Å². The van der Waals surface area contributed by atoms with Crippen LogP contribution in [0, 0.1) is 0 Å². The monoisotopic (exact) mass is 172 g/mol. The molecule has 0 fully saturated rings. The predicted octanol–water partition coefficient (Wildman–Crippen LogP) is 0.544. The Bertz CT molecular complexity index is 238. The quantitative estimate of drug-likeness (QED) is 0.327. The lowest BCUT2D eigenvalue weighted by molar-refractivity contribution is -0.136. The highest BCUT2D eigenvalue weighted by Crippen LogP contribution is 1.90. The van der Waals surface area contributed by atoms with Gasteiger partial charge in [-0.15, -0.1) is 0 Å². The summed E-state index contributed by atoms with van der Waals surface area (Å²) >= 11 is 0. The first-order chi connectivity index (χ1) is 5.54. The van der Waals surface area contributed by atoms with Crippen LogP contribution < -0.4 is 0 Å². The first-order valence-electron chi connectivity index (χ1n) is 3.05. The first-order valence-corrected chi connectivity index (χ1v) is 3.05. The van der Waals surface area contributed by atoms with Crippen molar-refractivity contribution in [2.24, 2.45) is 0 Å². The lowest BCUT2D eigenvalue weighted by atomic mass is 10.3. The van der Waals surface area contributed by atoms with E-state index >= 15 is 0 Å². The van der Waals surface area contributed by atoms with Crippen molar-refractivity contribution < 1.29 is 24.9 Å². The molecule has 0 saturated carbocycles. The number of aliphatic hydroxyl groups excluding tert-OH is 1. The molecule has 0 bridgehead atoms. The SMILES string of the molecule is O=C(O)C/C=C\C=C(/O)C(=O)O. The van der Waals surface area contributed by atoms with Crippen molar-refractivity contribution in [1.82, 2.24) is 0 Å². The smallest absolute Gasteiger partial charge is 0.370 e. The van der Waals surface area contributed by atoms with Crippen LogP contribution in [-0.4, -0.2) is 27.3 Å². The summed E-state index contributed by atoms with van der Waals surface area (Å²) in [5.41, 5.74) is 0. The van der Waals surface area contributed by atoms with E-state index in [1.165, 1.54) is 6.08 Å². The molecule has 0 atom stereocenters. The zero-order chi connectivity index (χ0) is 9.56. The number of allylic oxidation sites excluding steroid dienone is 2. The molecule has 66 valence electrons. The summed E-state index contributed by atoms with van der Waals surface area (Å²) in [6.45, 7) is 0. The second-order valence-electron chi connectivity index (χ2n) is 1.88. The van der Waals surface area contributed by atoms with Gasteiger partial charge in [-0.25, -0.2) is 4.79 Å². The average molecular weight is 172 g/mol. The number of hydrogen-bond acceptors (Lipinski definition) is 3. The molecule has 0 aliphatic heterocycles. The van der Waals surface area contributed by atoms with Gasteiger partial charge in [-0.3, -0.25) is 4.79 Å². The molecule has 0 spiro atoms. The zero-order valence-corrected chi connectivity index (χ0v) is 6.10.